The number of carbonyl (C=O) groups is 1. The molecule has 1 rings (SSSR count). The van der Waals surface area contributed by atoms with Gasteiger partial charge in [0.15, 0.2) is 6.10 Å². The molecule has 1 heterocycles. The fraction of sp³-hybridized carbons (Fsp3) is 0.455. The van der Waals surface area contributed by atoms with Crippen LogP contribution in [-0.2, 0) is 20.7 Å². The molecule has 0 aliphatic carbocycles. The summed E-state index contributed by atoms with van der Waals surface area (Å²) in [4.78, 5) is 15.1. The predicted octanol–water partition coefficient (Wildman–Crippen LogP) is 1.20. The Kier molecular flexibility index (Phi) is 4.77. The molecule has 1 atom stereocenters. The number of nitrogens with zero attached hydrogens (tertiary/aromatic N) is 1. The zero-order chi connectivity index (χ0) is 11.1. The van der Waals surface area contributed by atoms with Gasteiger partial charge in [0, 0.05) is 18.3 Å². The highest BCUT2D eigenvalue weighted by Gasteiger charge is 2.12. The van der Waals surface area contributed by atoms with E-state index in [1.807, 2.05) is 18.2 Å². The number of methoxy groups -OCH3 is 1. The van der Waals surface area contributed by atoms with E-state index >= 15 is 0 Å². The summed E-state index contributed by atoms with van der Waals surface area (Å²) in [5.74, 6) is -0.351. The summed E-state index contributed by atoms with van der Waals surface area (Å²) in [7, 11) is 1.35. The molecule has 0 unspecified atom stereocenters. The summed E-state index contributed by atoms with van der Waals surface area (Å²) in [6.45, 7) is 2.14. The minimum atomic E-state index is -0.515. The third kappa shape index (κ3) is 4.08. The zero-order valence-electron chi connectivity index (χ0n) is 8.97. The molecule has 15 heavy (non-hydrogen) atoms. The van der Waals surface area contributed by atoms with Crippen LogP contribution in [0.4, 0.5) is 0 Å². The van der Waals surface area contributed by atoms with Crippen LogP contribution in [0.25, 0.3) is 0 Å². The van der Waals surface area contributed by atoms with Crippen LogP contribution in [0.1, 0.15) is 12.6 Å². The normalized spacial score (nSPS) is 12.1. The predicted molar refractivity (Wildman–Crippen MR) is 55.4 cm³/mol. The molecule has 0 amide bonds. The molecular formula is C11H15NO3. The fourth-order valence-electron chi connectivity index (χ4n) is 1.12. The molecule has 1 aromatic rings. The number of hydrogen-bond acceptors (Lipinski definition) is 4. The summed E-state index contributed by atoms with van der Waals surface area (Å²) in [5.41, 5.74) is 0.953. The van der Waals surface area contributed by atoms with Gasteiger partial charge in [0.1, 0.15) is 0 Å². The first-order chi connectivity index (χ1) is 7.24. The topological polar surface area (TPSA) is 48.4 Å². The first kappa shape index (κ1) is 11.7. The molecule has 0 spiro atoms. The maximum absolute atomic E-state index is 11.0. The van der Waals surface area contributed by atoms with Crippen molar-refractivity contribution >= 4 is 5.97 Å². The minimum Gasteiger partial charge on any atom is -0.467 e. The molecule has 0 saturated heterocycles. The van der Waals surface area contributed by atoms with Gasteiger partial charge in [-0.3, -0.25) is 4.98 Å². The Morgan fingerprint density at radius 1 is 1.53 bits per heavy atom. The lowest BCUT2D eigenvalue weighted by Crippen LogP contribution is -2.23. The maximum Gasteiger partial charge on any atom is 0.334 e. The number of carbonyl (C=O) groups excluding carboxylic acids is 1. The van der Waals surface area contributed by atoms with Gasteiger partial charge in [0.25, 0.3) is 0 Å². The largest absolute Gasteiger partial charge is 0.467 e. The van der Waals surface area contributed by atoms with E-state index in [0.29, 0.717) is 13.0 Å². The van der Waals surface area contributed by atoms with Crippen molar-refractivity contribution in [3.63, 3.8) is 0 Å². The molecule has 0 N–H and O–H groups in total. The van der Waals surface area contributed by atoms with Gasteiger partial charge in [-0.25, -0.2) is 4.79 Å². The second kappa shape index (κ2) is 6.14. The highest BCUT2D eigenvalue weighted by atomic mass is 16.6. The third-order valence-corrected chi connectivity index (χ3v) is 1.99. The first-order valence-electron chi connectivity index (χ1n) is 4.83. The molecule has 0 aliphatic heterocycles. The highest BCUT2D eigenvalue weighted by molar-refractivity contribution is 5.73. The maximum atomic E-state index is 11.0. The minimum absolute atomic E-state index is 0.351. The third-order valence-electron chi connectivity index (χ3n) is 1.99. The molecule has 0 saturated carbocycles. The second-order valence-electron chi connectivity index (χ2n) is 3.11. The Bertz CT molecular complexity index is 300. The van der Waals surface area contributed by atoms with Gasteiger partial charge in [-0.15, -0.1) is 0 Å². The van der Waals surface area contributed by atoms with Crippen LogP contribution in [0.5, 0.6) is 0 Å². The smallest absolute Gasteiger partial charge is 0.334 e. The van der Waals surface area contributed by atoms with Crippen molar-refractivity contribution in [2.75, 3.05) is 13.7 Å². The second-order valence-corrected chi connectivity index (χ2v) is 3.11. The van der Waals surface area contributed by atoms with Gasteiger partial charge in [0.05, 0.1) is 13.7 Å². The monoisotopic (exact) mass is 209 g/mol. The van der Waals surface area contributed by atoms with Crippen molar-refractivity contribution in [3.8, 4) is 0 Å². The summed E-state index contributed by atoms with van der Waals surface area (Å²) in [6.07, 6.45) is 1.92. The van der Waals surface area contributed by atoms with Crippen LogP contribution < -0.4 is 0 Å². The van der Waals surface area contributed by atoms with E-state index in [4.69, 9.17) is 4.74 Å². The summed E-state index contributed by atoms with van der Waals surface area (Å²) in [5, 5.41) is 0. The highest BCUT2D eigenvalue weighted by Crippen LogP contribution is 1.98. The number of rotatable bonds is 5. The number of ether oxygens (including phenoxy) is 2. The van der Waals surface area contributed by atoms with E-state index in [1.54, 1.807) is 13.1 Å². The van der Waals surface area contributed by atoms with Crippen LogP contribution in [0.3, 0.4) is 0 Å². The van der Waals surface area contributed by atoms with E-state index in [0.717, 1.165) is 5.69 Å². The Hall–Kier alpha value is -1.42. The van der Waals surface area contributed by atoms with Gasteiger partial charge in [-0.1, -0.05) is 6.07 Å². The summed E-state index contributed by atoms with van der Waals surface area (Å²) < 4.78 is 9.82. The van der Waals surface area contributed by atoms with Gasteiger partial charge in [-0.2, -0.15) is 0 Å². The lowest BCUT2D eigenvalue weighted by atomic mass is 10.3. The molecule has 0 aromatic carbocycles. The zero-order valence-corrected chi connectivity index (χ0v) is 8.97. The number of aromatic nitrogens is 1. The number of pyridine rings is 1. The van der Waals surface area contributed by atoms with Crippen LogP contribution in [-0.4, -0.2) is 30.8 Å². The Morgan fingerprint density at radius 2 is 2.33 bits per heavy atom. The van der Waals surface area contributed by atoms with Gasteiger partial charge in [0.2, 0.25) is 0 Å². The number of esters is 1. The first-order valence-corrected chi connectivity index (χ1v) is 4.83. The van der Waals surface area contributed by atoms with Gasteiger partial charge in [-0.05, 0) is 19.1 Å². The fourth-order valence-corrected chi connectivity index (χ4v) is 1.12. The number of hydrogen-bond donors (Lipinski definition) is 0. The molecular weight excluding hydrogens is 194 g/mol. The SMILES string of the molecule is COC(=O)[C@H](C)OCCc1ccccn1. The Labute approximate surface area is 89.2 Å². The van der Waals surface area contributed by atoms with Crippen LogP contribution >= 0.6 is 0 Å². The van der Waals surface area contributed by atoms with Crippen LogP contribution in [0.15, 0.2) is 24.4 Å². The lowest BCUT2D eigenvalue weighted by molar-refractivity contribution is -0.152. The summed E-state index contributed by atoms with van der Waals surface area (Å²) in [6, 6.07) is 5.71. The van der Waals surface area contributed by atoms with Crippen molar-refractivity contribution in [2.24, 2.45) is 0 Å². The van der Waals surface area contributed by atoms with Crippen molar-refractivity contribution in [1.82, 2.24) is 4.98 Å². The van der Waals surface area contributed by atoms with Crippen LogP contribution in [0, 0.1) is 0 Å². The molecule has 4 heteroatoms. The molecule has 82 valence electrons. The van der Waals surface area contributed by atoms with E-state index < -0.39 is 6.10 Å². The molecule has 0 radical (unpaired) electrons. The molecule has 4 nitrogen and oxygen atoms in total. The molecule has 0 fully saturated rings. The quantitative estimate of drug-likeness (QED) is 0.684. The summed E-state index contributed by atoms with van der Waals surface area (Å²) >= 11 is 0. The standard InChI is InChI=1S/C11H15NO3/c1-9(11(13)14-2)15-8-6-10-5-3-4-7-12-10/h3-5,7,9H,6,8H2,1-2H3/t9-/m0/s1. The lowest BCUT2D eigenvalue weighted by Gasteiger charge is -2.09. The van der Waals surface area contributed by atoms with Crippen molar-refractivity contribution in [2.45, 2.75) is 19.4 Å². The van der Waals surface area contributed by atoms with E-state index in [9.17, 15) is 4.79 Å². The molecule has 0 bridgehead atoms. The van der Waals surface area contributed by atoms with Crippen molar-refractivity contribution < 1.29 is 14.3 Å². The Morgan fingerprint density at radius 3 is 2.93 bits per heavy atom. The Balaban J connectivity index is 2.25. The van der Waals surface area contributed by atoms with Gasteiger partial charge >= 0.3 is 5.97 Å². The van der Waals surface area contributed by atoms with E-state index in [2.05, 4.69) is 9.72 Å². The van der Waals surface area contributed by atoms with E-state index in [1.165, 1.54) is 7.11 Å². The average Bonchev–Trinajstić information content (AvgIpc) is 2.29. The van der Waals surface area contributed by atoms with Crippen molar-refractivity contribution in [1.29, 1.82) is 0 Å². The average molecular weight is 209 g/mol. The molecule has 0 aliphatic rings. The van der Waals surface area contributed by atoms with Crippen molar-refractivity contribution in [3.05, 3.63) is 30.1 Å². The van der Waals surface area contributed by atoms with Crippen LogP contribution in [0.2, 0.25) is 0 Å². The van der Waals surface area contributed by atoms with E-state index in [-0.39, 0.29) is 5.97 Å². The molecule has 1 aromatic heterocycles. The van der Waals surface area contributed by atoms with Gasteiger partial charge < -0.3 is 9.47 Å².